The Morgan fingerprint density at radius 1 is 0.738 bits per heavy atom. The number of nitrogen functional groups attached to an aromatic ring is 1. The number of carbonyl (C=O) groups excluding carboxylic acids is 1. The summed E-state index contributed by atoms with van der Waals surface area (Å²) in [5.74, 6) is -0.608. The third kappa shape index (κ3) is 26.0. The second kappa shape index (κ2) is 32.8. The Kier molecular flexibility index (Phi) is 29.8. The third-order valence-corrected chi connectivity index (χ3v) is 13.3. The number of nitrogens with two attached hydrogens (primary N) is 1. The first kappa shape index (κ1) is 55.4. The van der Waals surface area contributed by atoms with Gasteiger partial charge in [0.25, 0.3) is 0 Å². The van der Waals surface area contributed by atoms with Gasteiger partial charge < -0.3 is 39.9 Å². The fourth-order valence-electron chi connectivity index (χ4n) is 7.15. The van der Waals surface area contributed by atoms with Gasteiger partial charge in [0.1, 0.15) is 30.2 Å². The number of carbonyl (C=O) groups is 1. The zero-order valence-corrected chi connectivity index (χ0v) is 38.8. The van der Waals surface area contributed by atoms with E-state index in [-0.39, 0.29) is 18.8 Å². The molecular formula is C42H79N3O14P2. The molecule has 6 N–H and O–H groups in total. The molecule has 61 heavy (non-hydrogen) atoms. The van der Waals surface area contributed by atoms with Crippen molar-refractivity contribution in [3.63, 3.8) is 0 Å². The highest BCUT2D eigenvalue weighted by molar-refractivity contribution is 7.61. The molecule has 0 spiro atoms. The zero-order valence-electron chi connectivity index (χ0n) is 37.0. The number of ether oxygens (including phenoxy) is 3. The number of aromatic nitrogens is 2. The van der Waals surface area contributed by atoms with Gasteiger partial charge in [-0.2, -0.15) is 9.29 Å². The second-order valence-electron chi connectivity index (χ2n) is 16.3. The molecule has 17 nitrogen and oxygen atoms in total. The average Bonchev–Trinajstić information content (AvgIpc) is 3.49. The van der Waals surface area contributed by atoms with Crippen LogP contribution in [0.1, 0.15) is 187 Å². The minimum absolute atomic E-state index is 0.0833. The Hall–Kier alpha value is -1.75. The van der Waals surface area contributed by atoms with Gasteiger partial charge in [0.05, 0.1) is 19.8 Å². The highest BCUT2D eigenvalue weighted by atomic mass is 31.3. The van der Waals surface area contributed by atoms with Gasteiger partial charge in [-0.1, -0.05) is 162 Å². The van der Waals surface area contributed by atoms with E-state index in [0.717, 1.165) is 49.5 Å². The van der Waals surface area contributed by atoms with Crippen molar-refractivity contribution in [2.45, 2.75) is 211 Å². The molecule has 5 unspecified atom stereocenters. The Morgan fingerprint density at radius 2 is 1.21 bits per heavy atom. The van der Waals surface area contributed by atoms with Crippen LogP contribution in [0.25, 0.3) is 0 Å². The number of aliphatic hydroxyl groups excluding tert-OH is 2. The van der Waals surface area contributed by atoms with Crippen molar-refractivity contribution in [1.82, 2.24) is 9.55 Å². The molecule has 1 aliphatic rings. The summed E-state index contributed by atoms with van der Waals surface area (Å²) in [6, 6.07) is 1.26. The van der Waals surface area contributed by atoms with Crippen LogP contribution in [0.2, 0.25) is 0 Å². The number of rotatable bonds is 39. The van der Waals surface area contributed by atoms with E-state index in [2.05, 4.69) is 23.1 Å². The lowest BCUT2D eigenvalue weighted by Gasteiger charge is -2.21. The van der Waals surface area contributed by atoms with Gasteiger partial charge in [0.15, 0.2) is 6.23 Å². The van der Waals surface area contributed by atoms with Crippen LogP contribution >= 0.6 is 15.6 Å². The summed E-state index contributed by atoms with van der Waals surface area (Å²) in [4.78, 5) is 49.1. The van der Waals surface area contributed by atoms with Crippen LogP contribution in [-0.4, -0.2) is 86.4 Å². The Morgan fingerprint density at radius 3 is 1.72 bits per heavy atom. The number of aliphatic hydroxyl groups is 2. The molecule has 1 saturated heterocycles. The van der Waals surface area contributed by atoms with Gasteiger partial charge in [-0.05, 0) is 18.9 Å². The highest BCUT2D eigenvalue weighted by Crippen LogP contribution is 2.60. The first-order chi connectivity index (χ1) is 29.3. The predicted octanol–water partition coefficient (Wildman–Crippen LogP) is 8.81. The molecule has 0 radical (unpaired) electrons. The quantitative estimate of drug-likeness (QED) is 0.0235. The van der Waals surface area contributed by atoms with Crippen LogP contribution in [0.5, 0.6) is 0 Å². The smallest absolute Gasteiger partial charge is 0.457 e. The van der Waals surface area contributed by atoms with E-state index in [4.69, 9.17) is 29.0 Å². The maximum atomic E-state index is 12.8. The molecule has 0 amide bonds. The van der Waals surface area contributed by atoms with E-state index in [1.165, 1.54) is 121 Å². The molecular weight excluding hydrogens is 832 g/mol. The molecule has 1 aromatic rings. The van der Waals surface area contributed by atoms with Crippen molar-refractivity contribution in [1.29, 1.82) is 0 Å². The molecule has 7 atom stereocenters. The highest BCUT2D eigenvalue weighted by Gasteiger charge is 2.46. The fraction of sp³-hybridized carbons (Fsp3) is 0.881. The minimum atomic E-state index is -5.35. The van der Waals surface area contributed by atoms with Crippen LogP contribution < -0.4 is 11.4 Å². The molecule has 0 bridgehead atoms. The lowest BCUT2D eigenvalue weighted by atomic mass is 10.0. The number of nitrogens with zero attached hydrogens (tertiary/aromatic N) is 2. The van der Waals surface area contributed by atoms with Crippen molar-refractivity contribution in [2.75, 3.05) is 32.2 Å². The van der Waals surface area contributed by atoms with Crippen molar-refractivity contribution in [3.05, 3.63) is 22.7 Å². The molecule has 2 rings (SSSR count). The summed E-state index contributed by atoms with van der Waals surface area (Å²) in [7, 11) is -10.6. The van der Waals surface area contributed by atoms with Gasteiger partial charge in [-0.15, -0.1) is 0 Å². The van der Waals surface area contributed by atoms with E-state index >= 15 is 0 Å². The van der Waals surface area contributed by atoms with Crippen molar-refractivity contribution in [3.8, 4) is 0 Å². The first-order valence-electron chi connectivity index (χ1n) is 23.1. The third-order valence-electron chi connectivity index (χ3n) is 10.7. The number of unbranched alkanes of at least 4 members (excludes halogenated alkanes) is 23. The SMILES string of the molecule is CCCCCCCCCCCCCCCC(=O)OC(COCCCCCCCCCCCCCC)COP(=O)(O)OP(=O)(O)OCC1OC(n2ccc(N)nc2=O)[C@@H](O)[C@@H]1O. The number of anilines is 1. The van der Waals surface area contributed by atoms with Gasteiger partial charge in [-0.25, -0.2) is 13.9 Å². The largest absolute Gasteiger partial charge is 0.481 e. The topological polar surface area (TPSA) is 248 Å². The summed E-state index contributed by atoms with van der Waals surface area (Å²) in [5, 5.41) is 20.9. The van der Waals surface area contributed by atoms with Gasteiger partial charge in [-0.3, -0.25) is 18.4 Å². The molecule has 356 valence electrons. The first-order valence-corrected chi connectivity index (χ1v) is 26.1. The lowest BCUT2D eigenvalue weighted by molar-refractivity contribution is -0.154. The standard InChI is InChI=1S/C42H79N3O14P2/c1-3-5-7-9-11-13-15-17-18-20-22-24-26-28-38(46)57-35(32-54-31-27-25-23-21-19-16-14-12-10-8-6-4-2)33-55-60(50,51)59-61(52,53)56-34-36-39(47)40(48)41(58-36)45-30-29-37(43)44-42(45)49/h29-30,35-36,39-41,47-48H,3-28,31-34H2,1-2H3,(H,50,51)(H,52,53)(H2,43,44,49)/t35?,36?,39-,40+,41?/m1/s1. The van der Waals surface area contributed by atoms with E-state index in [9.17, 15) is 38.7 Å². The van der Waals surface area contributed by atoms with Crippen LogP contribution in [0, 0.1) is 0 Å². The summed E-state index contributed by atoms with van der Waals surface area (Å²) < 4.78 is 57.3. The zero-order chi connectivity index (χ0) is 44.8. The van der Waals surface area contributed by atoms with Gasteiger partial charge >= 0.3 is 27.3 Å². The fourth-order valence-corrected chi connectivity index (χ4v) is 9.26. The molecule has 19 heteroatoms. The van der Waals surface area contributed by atoms with Crippen molar-refractivity contribution in [2.24, 2.45) is 0 Å². The monoisotopic (exact) mass is 912 g/mol. The van der Waals surface area contributed by atoms with E-state index < -0.39 is 71.2 Å². The predicted molar refractivity (Wildman–Crippen MR) is 234 cm³/mol. The van der Waals surface area contributed by atoms with Gasteiger partial charge in [0.2, 0.25) is 0 Å². The number of hydrogen-bond donors (Lipinski definition) is 5. The van der Waals surface area contributed by atoms with E-state index in [1.807, 2.05) is 0 Å². The molecule has 0 aliphatic carbocycles. The summed E-state index contributed by atoms with van der Waals surface area (Å²) in [5.41, 5.74) is 4.61. The van der Waals surface area contributed by atoms with Crippen molar-refractivity contribution < 1.29 is 61.5 Å². The van der Waals surface area contributed by atoms with Crippen LogP contribution in [0.3, 0.4) is 0 Å². The normalized spacial score (nSPS) is 20.4. The summed E-state index contributed by atoms with van der Waals surface area (Å²) in [6.45, 7) is 3.12. The molecule has 0 aromatic carbocycles. The number of phosphoric acid groups is 2. The summed E-state index contributed by atoms with van der Waals surface area (Å²) >= 11 is 0. The Labute approximate surface area is 364 Å². The average molecular weight is 912 g/mol. The lowest BCUT2D eigenvalue weighted by Crippen LogP contribution is -2.36. The minimum Gasteiger partial charge on any atom is -0.457 e. The summed E-state index contributed by atoms with van der Waals surface area (Å²) in [6.07, 6.45) is 23.3. The number of phosphoric ester groups is 2. The Bertz CT molecular complexity index is 1460. The van der Waals surface area contributed by atoms with E-state index in [0.29, 0.717) is 13.0 Å². The molecule has 0 saturated carbocycles. The second-order valence-corrected chi connectivity index (χ2v) is 19.3. The van der Waals surface area contributed by atoms with Crippen LogP contribution in [0.15, 0.2) is 17.1 Å². The number of esters is 1. The van der Waals surface area contributed by atoms with Gasteiger partial charge in [0, 0.05) is 19.2 Å². The van der Waals surface area contributed by atoms with E-state index in [1.54, 1.807) is 0 Å². The molecule has 1 aromatic heterocycles. The number of hydrogen-bond acceptors (Lipinski definition) is 14. The Balaban J connectivity index is 1.79. The van der Waals surface area contributed by atoms with Crippen LogP contribution in [0.4, 0.5) is 5.82 Å². The maximum absolute atomic E-state index is 12.8. The molecule has 1 aliphatic heterocycles. The molecule has 1 fully saturated rings. The van der Waals surface area contributed by atoms with Crippen LogP contribution in [-0.2, 0) is 41.5 Å². The van der Waals surface area contributed by atoms with Crippen molar-refractivity contribution >= 4 is 27.4 Å². The molecule has 2 heterocycles. The maximum Gasteiger partial charge on any atom is 0.481 e.